The predicted octanol–water partition coefficient (Wildman–Crippen LogP) is 3.26. The van der Waals surface area contributed by atoms with Gasteiger partial charge < -0.3 is 4.74 Å². The topological polar surface area (TPSA) is 9.23 Å². The summed E-state index contributed by atoms with van der Waals surface area (Å²) in [6, 6.07) is 4.68. The van der Waals surface area contributed by atoms with Gasteiger partial charge in [-0.2, -0.15) is 0 Å². The van der Waals surface area contributed by atoms with Crippen LogP contribution in [0.5, 0.6) is 5.75 Å². The monoisotopic (exact) mass is 212 g/mol. The second kappa shape index (κ2) is 3.47. The van der Waals surface area contributed by atoms with Crippen LogP contribution >= 0.6 is 0 Å². The fraction of sp³-hybridized carbons (Fsp3) is 0.500. The van der Waals surface area contributed by atoms with Gasteiger partial charge in [0.25, 0.3) is 0 Å². The smallest absolute Gasteiger partial charge is 0.165 e. The van der Waals surface area contributed by atoms with Crippen LogP contribution in [0.25, 0.3) is 0 Å². The molecule has 2 atom stereocenters. The fourth-order valence-electron chi connectivity index (χ4n) is 1.57. The highest BCUT2D eigenvalue weighted by atomic mass is 19.1. The van der Waals surface area contributed by atoms with Crippen molar-refractivity contribution in [1.82, 2.24) is 0 Å². The Hall–Kier alpha value is -1.12. The molecular weight excluding hydrogens is 198 g/mol. The molecule has 1 aromatic carbocycles. The Labute approximate surface area is 88.1 Å². The number of ether oxygens (including phenoxy) is 1. The third-order valence-corrected chi connectivity index (χ3v) is 2.86. The van der Waals surface area contributed by atoms with Crippen molar-refractivity contribution >= 4 is 0 Å². The molecule has 82 valence electrons. The number of alkyl halides is 1. The quantitative estimate of drug-likeness (QED) is 0.747. The van der Waals surface area contributed by atoms with Crippen LogP contribution in [0.1, 0.15) is 18.9 Å². The highest BCUT2D eigenvalue weighted by Gasteiger charge is 2.51. The lowest BCUT2D eigenvalue weighted by molar-refractivity contribution is 0.231. The van der Waals surface area contributed by atoms with Gasteiger partial charge in [0.15, 0.2) is 11.6 Å². The molecular formula is C12H14F2O. The number of halogens is 2. The average molecular weight is 212 g/mol. The van der Waals surface area contributed by atoms with Gasteiger partial charge in [0.1, 0.15) is 5.67 Å². The Morgan fingerprint density at radius 1 is 1.53 bits per heavy atom. The van der Waals surface area contributed by atoms with Gasteiger partial charge in [0.05, 0.1) is 6.61 Å². The van der Waals surface area contributed by atoms with Crippen LogP contribution in [-0.2, 0) is 0 Å². The molecule has 1 fully saturated rings. The number of hydrogen-bond acceptors (Lipinski definition) is 1. The predicted molar refractivity (Wildman–Crippen MR) is 54.3 cm³/mol. The summed E-state index contributed by atoms with van der Waals surface area (Å²) in [5, 5.41) is 0. The molecule has 0 saturated heterocycles. The molecule has 0 aliphatic heterocycles. The molecule has 0 radical (unpaired) electrons. The van der Waals surface area contributed by atoms with Gasteiger partial charge in [-0.25, -0.2) is 8.78 Å². The highest BCUT2D eigenvalue weighted by Crippen LogP contribution is 2.46. The summed E-state index contributed by atoms with van der Waals surface area (Å²) in [6.45, 7) is 3.67. The number of rotatable bonds is 3. The molecule has 0 heterocycles. The molecule has 0 spiro atoms. The molecule has 1 nitrogen and oxygen atoms in total. The Morgan fingerprint density at radius 3 is 2.80 bits per heavy atom. The minimum atomic E-state index is -1.11. The van der Waals surface area contributed by atoms with Crippen LogP contribution in [0, 0.1) is 18.7 Å². The third kappa shape index (κ3) is 2.28. The van der Waals surface area contributed by atoms with Crippen molar-refractivity contribution in [3.05, 3.63) is 29.6 Å². The molecule has 0 N–H and O–H groups in total. The lowest BCUT2D eigenvalue weighted by Crippen LogP contribution is -2.07. The molecule has 0 aromatic heterocycles. The molecule has 3 heteroatoms. The molecule has 1 aromatic rings. The third-order valence-electron chi connectivity index (χ3n) is 2.86. The molecule has 0 amide bonds. The Balaban J connectivity index is 1.96. The Morgan fingerprint density at radius 2 is 2.20 bits per heavy atom. The number of benzene rings is 1. The Kier molecular flexibility index (Phi) is 2.41. The minimum Gasteiger partial charge on any atom is -0.490 e. The maximum atomic E-state index is 13.2. The SMILES string of the molecule is Cc1ccc(F)c(OCC2CC2(C)F)c1. The van der Waals surface area contributed by atoms with E-state index < -0.39 is 5.67 Å². The Bertz CT molecular complexity index is 374. The molecule has 0 bridgehead atoms. The molecule has 2 unspecified atom stereocenters. The summed E-state index contributed by atoms with van der Waals surface area (Å²) in [7, 11) is 0. The van der Waals surface area contributed by atoms with Crippen LogP contribution in [0.2, 0.25) is 0 Å². The van der Waals surface area contributed by atoms with E-state index in [1.54, 1.807) is 19.1 Å². The molecule has 1 aliphatic carbocycles. The van der Waals surface area contributed by atoms with Crippen molar-refractivity contribution in [2.45, 2.75) is 25.9 Å². The van der Waals surface area contributed by atoms with Crippen LogP contribution < -0.4 is 4.74 Å². The average Bonchev–Trinajstić information content (AvgIpc) is 2.76. The van der Waals surface area contributed by atoms with Crippen molar-refractivity contribution in [1.29, 1.82) is 0 Å². The zero-order valence-electron chi connectivity index (χ0n) is 8.89. The maximum Gasteiger partial charge on any atom is 0.165 e. The molecule has 2 rings (SSSR count). The number of hydrogen-bond donors (Lipinski definition) is 0. The largest absolute Gasteiger partial charge is 0.490 e. The van der Waals surface area contributed by atoms with Crippen LogP contribution in [0.4, 0.5) is 8.78 Å². The summed E-state index contributed by atoms with van der Waals surface area (Å²) in [4.78, 5) is 0. The molecule has 1 aliphatic rings. The van der Waals surface area contributed by atoms with Gasteiger partial charge in [-0.1, -0.05) is 6.07 Å². The fourth-order valence-corrected chi connectivity index (χ4v) is 1.57. The standard InChI is InChI=1S/C12H14F2O/c1-8-3-4-10(13)11(5-8)15-7-9-6-12(9,2)14/h3-5,9H,6-7H2,1-2H3. The summed E-state index contributed by atoms with van der Waals surface area (Å²) < 4.78 is 31.6. The normalized spacial score (nSPS) is 28.9. The zero-order valence-corrected chi connectivity index (χ0v) is 8.89. The van der Waals surface area contributed by atoms with E-state index in [1.165, 1.54) is 6.07 Å². The van der Waals surface area contributed by atoms with Gasteiger partial charge in [-0.3, -0.25) is 0 Å². The van der Waals surface area contributed by atoms with Gasteiger partial charge >= 0.3 is 0 Å². The van der Waals surface area contributed by atoms with E-state index >= 15 is 0 Å². The summed E-state index contributed by atoms with van der Waals surface area (Å²) in [5.41, 5.74) is -0.175. The van der Waals surface area contributed by atoms with E-state index in [0.717, 1.165) is 5.56 Å². The van der Waals surface area contributed by atoms with E-state index in [4.69, 9.17) is 4.74 Å². The van der Waals surface area contributed by atoms with E-state index in [2.05, 4.69) is 0 Å². The first-order valence-corrected chi connectivity index (χ1v) is 5.07. The van der Waals surface area contributed by atoms with Crippen molar-refractivity contribution in [3.8, 4) is 5.75 Å². The van der Waals surface area contributed by atoms with Gasteiger partial charge in [-0.15, -0.1) is 0 Å². The van der Waals surface area contributed by atoms with Crippen LogP contribution in [0.15, 0.2) is 18.2 Å². The van der Waals surface area contributed by atoms with Crippen molar-refractivity contribution in [2.24, 2.45) is 5.92 Å². The first kappa shape index (κ1) is 10.4. The van der Waals surface area contributed by atoms with Crippen molar-refractivity contribution in [3.63, 3.8) is 0 Å². The second-order valence-corrected chi connectivity index (χ2v) is 4.42. The summed E-state index contributed by atoms with van der Waals surface area (Å²) in [6.07, 6.45) is 0.514. The van der Waals surface area contributed by atoms with Crippen LogP contribution in [-0.4, -0.2) is 12.3 Å². The molecule has 1 saturated carbocycles. The maximum absolute atomic E-state index is 13.2. The van der Waals surface area contributed by atoms with E-state index in [-0.39, 0.29) is 24.1 Å². The highest BCUT2D eigenvalue weighted by molar-refractivity contribution is 5.29. The van der Waals surface area contributed by atoms with Crippen LogP contribution in [0.3, 0.4) is 0 Å². The second-order valence-electron chi connectivity index (χ2n) is 4.42. The summed E-state index contributed by atoms with van der Waals surface area (Å²) in [5.74, 6) is -0.253. The molecule has 15 heavy (non-hydrogen) atoms. The summed E-state index contributed by atoms with van der Waals surface area (Å²) >= 11 is 0. The van der Waals surface area contributed by atoms with E-state index in [0.29, 0.717) is 6.42 Å². The lowest BCUT2D eigenvalue weighted by atomic mass is 10.2. The van der Waals surface area contributed by atoms with Crippen molar-refractivity contribution < 1.29 is 13.5 Å². The number of aryl methyl sites for hydroxylation is 1. The first-order chi connectivity index (χ1) is 6.99. The van der Waals surface area contributed by atoms with E-state index in [1.807, 2.05) is 6.92 Å². The van der Waals surface area contributed by atoms with Gasteiger partial charge in [-0.05, 0) is 38.0 Å². The lowest BCUT2D eigenvalue weighted by Gasteiger charge is -2.07. The van der Waals surface area contributed by atoms with Gasteiger partial charge in [0.2, 0.25) is 0 Å². The first-order valence-electron chi connectivity index (χ1n) is 5.07. The van der Waals surface area contributed by atoms with E-state index in [9.17, 15) is 8.78 Å². The minimum absolute atomic E-state index is 0.0857. The zero-order chi connectivity index (χ0) is 11.1. The van der Waals surface area contributed by atoms with Gasteiger partial charge in [0, 0.05) is 5.92 Å². The van der Waals surface area contributed by atoms with Crippen molar-refractivity contribution in [2.75, 3.05) is 6.61 Å².